The number of hydrogen-bond acceptors (Lipinski definition) is 15. The fraction of sp³-hybridized carbons (Fsp3) is 0.481. The number of phenolic OH excluding ortho intramolecular Hbond substituents is 3. The largest absolute Gasteiger partial charge is 0.571 e. The number of rotatable bonds is 7. The zero-order valence-electron chi connectivity index (χ0n) is 22.2. The first-order valence-electron chi connectivity index (χ1n) is 13.2. The summed E-state index contributed by atoms with van der Waals surface area (Å²) in [6.07, 6.45) is -16.0. The molecule has 16 nitrogen and oxygen atoms in total. The molecule has 3 aliphatic heterocycles. The highest BCUT2D eigenvalue weighted by molar-refractivity contribution is 5.70. The van der Waals surface area contributed by atoms with Crippen molar-refractivity contribution in [2.75, 3.05) is 13.2 Å². The number of aliphatic hydroxyl groups excluding tert-OH is 8. The number of aromatic hydroxyl groups is 4. The van der Waals surface area contributed by atoms with Crippen molar-refractivity contribution < 1.29 is 79.9 Å². The molecule has 11 atom stereocenters. The fourth-order valence-corrected chi connectivity index (χ4v) is 5.01. The van der Waals surface area contributed by atoms with Gasteiger partial charge < -0.3 is 79.9 Å². The van der Waals surface area contributed by atoms with Gasteiger partial charge in [-0.1, -0.05) is 0 Å². The van der Waals surface area contributed by atoms with Crippen molar-refractivity contribution in [3.05, 3.63) is 47.2 Å². The summed E-state index contributed by atoms with van der Waals surface area (Å²) in [5, 5.41) is 111. The Morgan fingerprint density at radius 1 is 0.674 bits per heavy atom. The van der Waals surface area contributed by atoms with Crippen LogP contribution in [0.25, 0.3) is 6.08 Å². The third kappa shape index (κ3) is 5.89. The first-order valence-corrected chi connectivity index (χ1v) is 13.2. The standard InChI is InChI=1S/C27H32O16/c28-7-17-19(33)21(35)23(37)26(42-17)40-15-5-10(30)4-14-11(15)6-16(25(39-14)9-1-2-12(31)13(32)3-9)41-27-24(38)22(36)20(34)18(8-29)43-27/h1-6,17-38H,7-8H2/p+1/t17-,18-,19+,20+,21+,22+,23-,24-,25?,26-,27-/m1/s1. The summed E-state index contributed by atoms with van der Waals surface area (Å²) in [7, 11) is 0. The van der Waals surface area contributed by atoms with E-state index in [1.54, 1.807) is 0 Å². The van der Waals surface area contributed by atoms with E-state index < -0.39 is 92.2 Å². The molecule has 3 aliphatic rings. The Balaban J connectivity index is 1.54. The second-order valence-corrected chi connectivity index (χ2v) is 10.3. The predicted molar refractivity (Wildman–Crippen MR) is 140 cm³/mol. The molecule has 5 rings (SSSR count). The molecule has 16 heteroatoms. The van der Waals surface area contributed by atoms with Crippen LogP contribution in [0.15, 0.2) is 36.1 Å². The lowest BCUT2D eigenvalue weighted by Gasteiger charge is -2.40. The fourth-order valence-electron chi connectivity index (χ4n) is 5.01. The van der Waals surface area contributed by atoms with Crippen LogP contribution >= 0.6 is 0 Å². The normalized spacial score (nSPS) is 35.8. The van der Waals surface area contributed by atoms with Crippen LogP contribution in [0.1, 0.15) is 17.2 Å². The Labute approximate surface area is 243 Å². The molecule has 12 N–H and O–H groups in total. The molecule has 3 heterocycles. The average Bonchev–Trinajstić information content (AvgIpc) is 2.98. The smallest absolute Gasteiger partial charge is 0.270 e. The molecule has 43 heavy (non-hydrogen) atoms. The number of fused-ring (bicyclic) bond motifs is 1. The SMILES string of the molecule is OC[C@H]1O[C@@H](OC2=Cc3c(O[C@@H]4O[C@H](CO)[C@H](O)[C@H](O)[C@H]4O)cc(O)cc3[OH+]C2c2ccc(O)c(O)c2)[C@H](O)[C@@H](O)[C@H]1O. The molecule has 2 aromatic carbocycles. The highest BCUT2D eigenvalue weighted by Gasteiger charge is 2.48. The summed E-state index contributed by atoms with van der Waals surface area (Å²) in [4.78, 5) is 0. The number of phenols is 3. The van der Waals surface area contributed by atoms with Crippen molar-refractivity contribution in [1.82, 2.24) is 0 Å². The van der Waals surface area contributed by atoms with Crippen LogP contribution in [-0.2, 0) is 14.2 Å². The summed E-state index contributed by atoms with van der Waals surface area (Å²) in [6.45, 7) is -1.43. The molecule has 2 saturated heterocycles. The average molecular weight is 614 g/mol. The van der Waals surface area contributed by atoms with Crippen LogP contribution < -0.4 is 4.74 Å². The number of aliphatic hydroxyl groups is 9. The molecule has 236 valence electrons. The van der Waals surface area contributed by atoms with Gasteiger partial charge in [0.15, 0.2) is 17.3 Å². The van der Waals surface area contributed by atoms with Gasteiger partial charge >= 0.3 is 0 Å². The van der Waals surface area contributed by atoms with Crippen LogP contribution in [0.3, 0.4) is 0 Å². The first kappa shape index (κ1) is 31.0. The maximum atomic E-state index is 10.6. The molecule has 2 fully saturated rings. The van der Waals surface area contributed by atoms with Crippen molar-refractivity contribution in [3.8, 4) is 28.7 Å². The zero-order valence-corrected chi connectivity index (χ0v) is 22.2. The predicted octanol–water partition coefficient (Wildman–Crippen LogP) is -2.86. The van der Waals surface area contributed by atoms with Crippen molar-refractivity contribution in [2.45, 2.75) is 67.5 Å². The lowest BCUT2D eigenvalue weighted by molar-refractivity contribution is -0.295. The highest BCUT2D eigenvalue weighted by atomic mass is 16.7. The Morgan fingerprint density at radius 3 is 1.81 bits per heavy atom. The van der Waals surface area contributed by atoms with E-state index in [0.29, 0.717) is 0 Å². The second-order valence-electron chi connectivity index (χ2n) is 10.3. The van der Waals surface area contributed by atoms with E-state index in [0.717, 1.165) is 6.07 Å². The summed E-state index contributed by atoms with van der Waals surface area (Å²) in [5.74, 6) is -1.42. The van der Waals surface area contributed by atoms with Gasteiger partial charge in [0, 0.05) is 12.1 Å². The van der Waals surface area contributed by atoms with Crippen molar-refractivity contribution in [3.63, 3.8) is 0 Å². The Morgan fingerprint density at radius 2 is 1.26 bits per heavy atom. The summed E-state index contributed by atoms with van der Waals surface area (Å²) < 4.78 is 27.1. The minimum absolute atomic E-state index is 0.0914. The Bertz CT molecular complexity index is 1330. The molecule has 0 spiro atoms. The minimum atomic E-state index is -1.79. The van der Waals surface area contributed by atoms with Crippen LogP contribution in [0.2, 0.25) is 0 Å². The van der Waals surface area contributed by atoms with Crippen molar-refractivity contribution in [2.24, 2.45) is 0 Å². The van der Waals surface area contributed by atoms with E-state index >= 15 is 0 Å². The van der Waals surface area contributed by atoms with Gasteiger partial charge in [-0.3, -0.25) is 0 Å². The van der Waals surface area contributed by atoms with Crippen LogP contribution in [-0.4, -0.2) is 136 Å². The number of benzene rings is 2. The molecule has 0 saturated carbocycles. The van der Waals surface area contributed by atoms with Gasteiger partial charge in [-0.25, -0.2) is 0 Å². The van der Waals surface area contributed by atoms with Gasteiger partial charge in [-0.2, -0.15) is 0 Å². The molecular formula is C27H33O16+. The van der Waals surface area contributed by atoms with Crippen LogP contribution in [0.4, 0.5) is 0 Å². The van der Waals surface area contributed by atoms with E-state index in [1.807, 2.05) is 0 Å². The first-order chi connectivity index (χ1) is 20.4. The molecule has 1 unspecified atom stereocenters. The third-order valence-corrected chi connectivity index (χ3v) is 7.44. The lowest BCUT2D eigenvalue weighted by Crippen LogP contribution is -2.60. The molecule has 2 aromatic rings. The van der Waals surface area contributed by atoms with E-state index in [2.05, 4.69) is 4.74 Å². The van der Waals surface area contributed by atoms with Gasteiger partial charge in [-0.05, 0) is 18.2 Å². The van der Waals surface area contributed by atoms with Crippen molar-refractivity contribution in [1.29, 1.82) is 0 Å². The topological polar surface area (TPSA) is 272 Å². The van der Waals surface area contributed by atoms with Gasteiger partial charge in [0.1, 0.15) is 65.9 Å². The Hall–Kier alpha value is -3.42. The zero-order chi connectivity index (χ0) is 31.2. The summed E-state index contributed by atoms with van der Waals surface area (Å²) in [5.41, 5.74) is 0.380. The highest BCUT2D eigenvalue weighted by Crippen LogP contribution is 2.47. The monoisotopic (exact) mass is 613 g/mol. The molecule has 0 aromatic heterocycles. The molecule has 0 aliphatic carbocycles. The van der Waals surface area contributed by atoms with E-state index in [-0.39, 0.29) is 34.1 Å². The molecule has 0 radical (unpaired) electrons. The molecule has 0 bridgehead atoms. The van der Waals surface area contributed by atoms with E-state index in [9.17, 15) is 56.2 Å². The van der Waals surface area contributed by atoms with Gasteiger partial charge in [0.05, 0.1) is 24.8 Å². The Kier molecular flexibility index (Phi) is 8.87. The third-order valence-electron chi connectivity index (χ3n) is 7.44. The van der Waals surface area contributed by atoms with E-state index in [1.165, 1.54) is 30.3 Å². The maximum Gasteiger partial charge on any atom is 0.270 e. The summed E-state index contributed by atoms with van der Waals surface area (Å²) >= 11 is 0. The lowest BCUT2D eigenvalue weighted by atomic mass is 9.98. The second kappa shape index (κ2) is 12.3. The summed E-state index contributed by atoms with van der Waals surface area (Å²) in [6, 6.07) is 6.17. The van der Waals surface area contributed by atoms with E-state index in [4.69, 9.17) is 18.9 Å². The quantitative estimate of drug-likeness (QED) is 0.111. The van der Waals surface area contributed by atoms with Crippen molar-refractivity contribution >= 4 is 6.08 Å². The minimum Gasteiger partial charge on any atom is -0.571 e. The van der Waals surface area contributed by atoms with Crippen LogP contribution in [0.5, 0.6) is 28.7 Å². The molecular weight excluding hydrogens is 580 g/mol. The number of hydrogen-bond donors (Lipinski definition) is 11. The number of ether oxygens (including phenoxy) is 5. The van der Waals surface area contributed by atoms with Gasteiger partial charge in [0.25, 0.3) is 11.9 Å². The molecule has 0 amide bonds. The maximum absolute atomic E-state index is 10.6. The van der Waals surface area contributed by atoms with Gasteiger partial charge in [-0.15, -0.1) is 0 Å². The van der Waals surface area contributed by atoms with Gasteiger partial charge in [0.2, 0.25) is 12.6 Å². The van der Waals surface area contributed by atoms with Crippen LogP contribution in [0, 0.1) is 0 Å².